The maximum absolute atomic E-state index is 13.2. The van der Waals surface area contributed by atoms with Crippen molar-refractivity contribution in [2.45, 2.75) is 43.8 Å². The molecule has 8 nitrogen and oxygen atoms in total. The largest absolute Gasteiger partial charge is 0.542 e. The average Bonchev–Trinajstić information content (AvgIpc) is 3.27. The van der Waals surface area contributed by atoms with Crippen molar-refractivity contribution in [3.05, 3.63) is 85.5 Å². The number of aliphatic carboxylic acids is 1. The van der Waals surface area contributed by atoms with Crippen molar-refractivity contribution in [1.82, 2.24) is 9.13 Å². The lowest BCUT2D eigenvalue weighted by atomic mass is 10.1. The zero-order valence-electron chi connectivity index (χ0n) is 20.4. The monoisotopic (exact) mass is 612 g/mol. The smallest absolute Gasteiger partial charge is 0.430 e. The van der Waals surface area contributed by atoms with E-state index in [1.165, 1.54) is 16.3 Å². The first kappa shape index (κ1) is 29.4. The summed E-state index contributed by atoms with van der Waals surface area (Å²) in [4.78, 5) is 40.9. The van der Waals surface area contributed by atoms with E-state index in [1.54, 1.807) is 4.57 Å². The Labute approximate surface area is 228 Å². The zero-order chi connectivity index (χ0) is 28.0. The van der Waals surface area contributed by atoms with E-state index in [0.29, 0.717) is 24.5 Å². The van der Waals surface area contributed by atoms with Crippen LogP contribution in [0, 0.1) is 5.92 Å². The number of nitrogens with zero attached hydrogens (tertiary/aromatic N) is 3. The molecule has 2 N–H and O–H groups in total. The summed E-state index contributed by atoms with van der Waals surface area (Å²) in [6.07, 6.45) is -4.59. The van der Waals surface area contributed by atoms with Gasteiger partial charge in [0.2, 0.25) is 17.3 Å². The number of fused-ring (bicyclic) bond motifs is 1. The summed E-state index contributed by atoms with van der Waals surface area (Å²) in [5, 5.41) is 10.6. The fourth-order valence-corrected chi connectivity index (χ4v) is 4.61. The summed E-state index contributed by atoms with van der Waals surface area (Å²) in [7, 11) is 0. The summed E-state index contributed by atoms with van der Waals surface area (Å²) in [6, 6.07) is 17.8. The van der Waals surface area contributed by atoms with Crippen molar-refractivity contribution in [3.8, 4) is 0 Å². The molecule has 0 bridgehead atoms. The molecule has 1 aliphatic rings. The summed E-state index contributed by atoms with van der Waals surface area (Å²) in [5.41, 5.74) is 1.02. The van der Waals surface area contributed by atoms with E-state index in [2.05, 4.69) is 29.8 Å². The maximum atomic E-state index is 13.2. The molecule has 2 heterocycles. The molecule has 0 spiro atoms. The second kappa shape index (κ2) is 12.6. The molecule has 0 saturated carbocycles. The molecule has 0 fully saturated rings. The van der Waals surface area contributed by atoms with E-state index < -0.39 is 12.1 Å². The number of quaternary nitrogens is 1. The van der Waals surface area contributed by atoms with Crippen LogP contribution in [0.1, 0.15) is 19.4 Å². The Bertz CT molecular complexity index is 1440. The van der Waals surface area contributed by atoms with Gasteiger partial charge in [-0.05, 0) is 35.7 Å². The number of thioether (sulfide) groups is 1. The number of hydrogen-bond acceptors (Lipinski definition) is 6. The zero-order valence-corrected chi connectivity index (χ0v) is 22.8. The van der Waals surface area contributed by atoms with Gasteiger partial charge >= 0.3 is 17.4 Å². The van der Waals surface area contributed by atoms with Gasteiger partial charge < -0.3 is 9.90 Å². The second-order valence-corrected chi connectivity index (χ2v) is 10.6. The number of aromatic nitrogens is 2. The Morgan fingerprint density at radius 3 is 2.24 bits per heavy atom. The first-order valence-electron chi connectivity index (χ1n) is 11.4. The van der Waals surface area contributed by atoms with Crippen LogP contribution in [-0.2, 0) is 23.6 Å². The van der Waals surface area contributed by atoms with Crippen LogP contribution >= 0.6 is 27.7 Å². The summed E-state index contributed by atoms with van der Waals surface area (Å²) < 4.78 is 35.5. The normalized spacial score (nSPS) is 12.6. The highest BCUT2D eigenvalue weighted by Gasteiger charge is 2.30. The quantitative estimate of drug-likeness (QED) is 0.412. The molecule has 0 atom stereocenters. The Balaban J connectivity index is 0.000000505. The fourth-order valence-electron chi connectivity index (χ4n) is 3.49. The average molecular weight is 613 g/mol. The van der Waals surface area contributed by atoms with E-state index in [0.717, 1.165) is 20.8 Å². The Morgan fingerprint density at radius 1 is 1.08 bits per heavy atom. The molecule has 2 aromatic carbocycles. The number of carboxylic acid groups (broad SMARTS) is 1. The van der Waals surface area contributed by atoms with Gasteiger partial charge in [0.15, 0.2) is 0 Å². The minimum absolute atomic E-state index is 0.250. The van der Waals surface area contributed by atoms with Gasteiger partial charge in [-0.15, -0.1) is 11.8 Å². The lowest BCUT2D eigenvalue weighted by Gasteiger charge is -2.13. The van der Waals surface area contributed by atoms with Gasteiger partial charge in [0.1, 0.15) is 5.97 Å². The number of hydrogen-bond donors (Lipinski definition) is 1. The lowest BCUT2D eigenvalue weighted by molar-refractivity contribution is -0.442. The van der Waals surface area contributed by atoms with Gasteiger partial charge in [-0.1, -0.05) is 60.1 Å². The molecule has 0 unspecified atom stereocenters. The van der Waals surface area contributed by atoms with Gasteiger partial charge in [0.05, 0.1) is 12.3 Å². The number of benzene rings is 2. The lowest BCUT2D eigenvalue weighted by Crippen LogP contribution is -2.83. The predicted molar refractivity (Wildman–Crippen MR) is 140 cm³/mol. The number of aliphatic imine (C=N–C) groups is 1. The number of carboxylic acids is 1. The van der Waals surface area contributed by atoms with Gasteiger partial charge in [0, 0.05) is 15.9 Å². The Hall–Kier alpha value is -3.16. The minimum atomic E-state index is -5.19. The van der Waals surface area contributed by atoms with Crippen LogP contribution < -0.4 is 21.7 Å². The first-order valence-corrected chi connectivity index (χ1v) is 13.1. The molecule has 0 radical (unpaired) electrons. The molecule has 3 aromatic rings. The molecule has 38 heavy (non-hydrogen) atoms. The van der Waals surface area contributed by atoms with E-state index in [1.807, 2.05) is 59.9 Å². The van der Waals surface area contributed by atoms with Gasteiger partial charge in [-0.3, -0.25) is 14.7 Å². The minimum Gasteiger partial charge on any atom is -0.542 e. The first-order chi connectivity index (χ1) is 17.9. The third kappa shape index (κ3) is 7.68. The van der Waals surface area contributed by atoms with Gasteiger partial charge in [-0.25, -0.2) is 9.36 Å². The number of halogens is 4. The number of nitrogens with two attached hydrogens (primary N) is 1. The van der Waals surface area contributed by atoms with E-state index in [9.17, 15) is 22.8 Å². The topological polar surface area (TPSA) is 113 Å². The summed E-state index contributed by atoms with van der Waals surface area (Å²) in [6.45, 7) is 4.62. The molecule has 1 aliphatic heterocycles. The van der Waals surface area contributed by atoms with E-state index in [4.69, 9.17) is 14.9 Å². The highest BCUT2D eigenvalue weighted by Crippen LogP contribution is 2.23. The molecule has 0 amide bonds. The molecule has 202 valence electrons. The number of carbonyl (C=O) groups is 1. The SMILES string of the molecule is CC(C)Cn1c2c(c(=O)n(CSc3ccccc3)c1=O)[NH2+]C(Cc1ccc(Br)cc1)=N2.O=C([O-])C(F)(F)F. The van der Waals surface area contributed by atoms with Crippen molar-refractivity contribution in [2.24, 2.45) is 10.9 Å². The van der Waals surface area contributed by atoms with Crippen molar-refractivity contribution in [3.63, 3.8) is 0 Å². The summed E-state index contributed by atoms with van der Waals surface area (Å²) in [5.74, 6) is -1.22. The van der Waals surface area contributed by atoms with Crippen LogP contribution in [-0.4, -0.2) is 27.1 Å². The Morgan fingerprint density at radius 2 is 1.68 bits per heavy atom. The second-order valence-electron chi connectivity index (χ2n) is 8.68. The van der Waals surface area contributed by atoms with Crippen molar-refractivity contribution in [1.29, 1.82) is 0 Å². The standard InChI is InChI=1S/C23H23BrN4O2S.C2HF3O2/c1-15(2)13-27-21-20(25-19(26-21)12-16-8-10-17(24)11-9-16)22(29)28(23(27)30)14-31-18-6-4-3-5-7-18;3-2(4,5)1(6)7/h3-11,15H,12-14H2,1-2H3,(H,25,26);(H,6,7). The van der Waals surface area contributed by atoms with E-state index in [-0.39, 0.29) is 23.0 Å². The molecule has 4 rings (SSSR count). The third-order valence-electron chi connectivity index (χ3n) is 5.18. The van der Waals surface area contributed by atoms with Gasteiger partial charge in [0.25, 0.3) is 0 Å². The highest BCUT2D eigenvalue weighted by molar-refractivity contribution is 9.10. The van der Waals surface area contributed by atoms with Crippen molar-refractivity contribution < 1.29 is 28.4 Å². The Kier molecular flexibility index (Phi) is 9.74. The number of alkyl halides is 3. The highest BCUT2D eigenvalue weighted by atomic mass is 79.9. The van der Waals surface area contributed by atoms with Crippen LogP contribution in [0.5, 0.6) is 0 Å². The van der Waals surface area contributed by atoms with Crippen molar-refractivity contribution in [2.75, 3.05) is 0 Å². The van der Waals surface area contributed by atoms with Crippen LogP contribution in [0.3, 0.4) is 0 Å². The van der Waals surface area contributed by atoms with Crippen LogP contribution in [0.25, 0.3) is 0 Å². The molecule has 13 heteroatoms. The van der Waals surface area contributed by atoms with Crippen LogP contribution in [0.15, 0.2) is 78.5 Å². The maximum Gasteiger partial charge on any atom is 0.430 e. The number of rotatable bonds is 7. The van der Waals surface area contributed by atoms with Crippen molar-refractivity contribution >= 4 is 51.0 Å². The summed E-state index contributed by atoms with van der Waals surface area (Å²) >= 11 is 4.92. The van der Waals surface area contributed by atoms with Gasteiger partial charge in [-0.2, -0.15) is 18.2 Å². The third-order valence-corrected chi connectivity index (χ3v) is 6.70. The number of amidine groups is 1. The predicted octanol–water partition coefficient (Wildman–Crippen LogP) is 2.96. The number of carbonyl (C=O) groups excluding carboxylic acids is 1. The molecule has 0 saturated heterocycles. The molecule has 1 aromatic heterocycles. The fraction of sp³-hybridized carbons (Fsp3) is 0.280. The molecular weight excluding hydrogens is 589 g/mol. The van der Waals surface area contributed by atoms with Crippen LogP contribution in [0.2, 0.25) is 0 Å². The molecular formula is C25H24BrF3N4O4S. The molecule has 0 aliphatic carbocycles. The van der Waals surface area contributed by atoms with E-state index >= 15 is 0 Å². The van der Waals surface area contributed by atoms with Crippen LogP contribution in [0.4, 0.5) is 24.7 Å².